The molecule has 7 heteroatoms. The van der Waals surface area contributed by atoms with Crippen LogP contribution in [-0.4, -0.2) is 22.2 Å². The Morgan fingerprint density at radius 2 is 1.61 bits per heavy atom. The maximum absolute atomic E-state index is 12.3. The number of hydrogen-bond acceptors (Lipinski definition) is 5. The fourth-order valence-corrected chi connectivity index (χ4v) is 3.90. The number of carbonyl (C=O) groups is 2. The van der Waals surface area contributed by atoms with Crippen molar-refractivity contribution >= 4 is 40.5 Å². The van der Waals surface area contributed by atoms with Crippen LogP contribution in [0.15, 0.2) is 88.8 Å². The van der Waals surface area contributed by atoms with E-state index in [-0.39, 0.29) is 12.3 Å². The third-order valence-electron chi connectivity index (χ3n) is 4.63. The standard InChI is InChI=1S/C24H19N3O3S/c28-22(27-30)15-17-8-12-20(13-9-17)25-24-26-23(29)21(31-24)14-16-6-10-19(11-7-16)18-4-2-1-3-5-18/h1-14,30H,15H2,(H,27,28)(H,25,26,29)/b21-14+. The van der Waals surface area contributed by atoms with Crippen molar-refractivity contribution in [3.05, 3.63) is 94.9 Å². The number of amides is 2. The molecule has 0 saturated carbocycles. The SMILES string of the molecule is O=C(Cc1ccc(NC2=NC(=O)/C(=C\c3ccc(-c4ccccc4)cc3)S2)cc1)NO. The summed E-state index contributed by atoms with van der Waals surface area (Å²) in [6, 6.07) is 25.3. The van der Waals surface area contributed by atoms with Crippen LogP contribution < -0.4 is 10.8 Å². The fraction of sp³-hybridized carbons (Fsp3) is 0.0417. The number of amidine groups is 1. The van der Waals surface area contributed by atoms with Crippen molar-refractivity contribution in [2.24, 2.45) is 4.99 Å². The van der Waals surface area contributed by atoms with Gasteiger partial charge in [0.15, 0.2) is 5.17 Å². The van der Waals surface area contributed by atoms with Crippen LogP contribution in [0.1, 0.15) is 11.1 Å². The van der Waals surface area contributed by atoms with Crippen LogP contribution >= 0.6 is 11.8 Å². The van der Waals surface area contributed by atoms with Gasteiger partial charge in [0.2, 0.25) is 5.91 Å². The second-order valence-corrected chi connectivity index (χ2v) is 7.89. The van der Waals surface area contributed by atoms with Gasteiger partial charge < -0.3 is 5.32 Å². The second-order valence-electron chi connectivity index (χ2n) is 6.85. The Labute approximate surface area is 183 Å². The van der Waals surface area contributed by atoms with Gasteiger partial charge in [-0.15, -0.1) is 0 Å². The molecule has 1 aliphatic heterocycles. The topological polar surface area (TPSA) is 90.8 Å². The summed E-state index contributed by atoms with van der Waals surface area (Å²) in [6.45, 7) is 0. The van der Waals surface area contributed by atoms with Crippen LogP contribution in [0.2, 0.25) is 0 Å². The van der Waals surface area contributed by atoms with Crippen LogP contribution in [-0.2, 0) is 16.0 Å². The Morgan fingerprint density at radius 3 is 2.29 bits per heavy atom. The number of hydrogen-bond donors (Lipinski definition) is 3. The smallest absolute Gasteiger partial charge is 0.286 e. The maximum Gasteiger partial charge on any atom is 0.286 e. The van der Waals surface area contributed by atoms with Gasteiger partial charge in [-0.05, 0) is 52.2 Å². The van der Waals surface area contributed by atoms with Gasteiger partial charge in [-0.1, -0.05) is 66.7 Å². The number of nitrogens with one attached hydrogen (secondary N) is 2. The molecule has 0 saturated heterocycles. The molecule has 0 fully saturated rings. The number of thioether (sulfide) groups is 1. The number of carbonyl (C=O) groups excluding carboxylic acids is 2. The quantitative estimate of drug-likeness (QED) is 0.316. The van der Waals surface area contributed by atoms with E-state index in [0.717, 1.165) is 27.9 Å². The zero-order valence-corrected chi connectivity index (χ0v) is 17.2. The molecule has 0 spiro atoms. The summed E-state index contributed by atoms with van der Waals surface area (Å²) < 4.78 is 0. The predicted molar refractivity (Wildman–Crippen MR) is 124 cm³/mol. The molecule has 3 aromatic carbocycles. The summed E-state index contributed by atoms with van der Waals surface area (Å²) in [5.74, 6) is -0.760. The van der Waals surface area contributed by atoms with Gasteiger partial charge in [-0.25, -0.2) is 5.48 Å². The maximum atomic E-state index is 12.3. The van der Waals surface area contributed by atoms with Crippen molar-refractivity contribution in [1.29, 1.82) is 0 Å². The van der Waals surface area contributed by atoms with Crippen molar-refractivity contribution < 1.29 is 14.8 Å². The molecule has 2 amide bonds. The third kappa shape index (κ3) is 5.28. The fourth-order valence-electron chi connectivity index (χ4n) is 3.07. The first-order chi connectivity index (χ1) is 15.1. The molecule has 0 bridgehead atoms. The Balaban J connectivity index is 1.40. The molecule has 6 nitrogen and oxygen atoms in total. The summed E-state index contributed by atoms with van der Waals surface area (Å²) in [4.78, 5) is 28.1. The van der Waals surface area contributed by atoms with Crippen molar-refractivity contribution in [3.8, 4) is 11.1 Å². The lowest BCUT2D eigenvalue weighted by molar-refractivity contribution is -0.128. The highest BCUT2D eigenvalue weighted by Crippen LogP contribution is 2.30. The molecule has 4 rings (SSSR count). The number of nitrogens with zero attached hydrogens (tertiary/aromatic N) is 1. The van der Waals surface area contributed by atoms with Gasteiger partial charge in [-0.2, -0.15) is 4.99 Å². The van der Waals surface area contributed by atoms with Crippen LogP contribution in [0, 0.1) is 0 Å². The molecule has 3 aromatic rings. The monoisotopic (exact) mass is 429 g/mol. The van der Waals surface area contributed by atoms with E-state index in [0.29, 0.717) is 10.1 Å². The van der Waals surface area contributed by atoms with Crippen LogP contribution in [0.25, 0.3) is 17.2 Å². The molecular weight excluding hydrogens is 410 g/mol. The normalized spacial score (nSPS) is 14.4. The van der Waals surface area contributed by atoms with Gasteiger partial charge in [0.1, 0.15) is 0 Å². The highest BCUT2D eigenvalue weighted by atomic mass is 32.2. The van der Waals surface area contributed by atoms with Crippen molar-refractivity contribution in [2.75, 3.05) is 5.32 Å². The van der Waals surface area contributed by atoms with E-state index in [1.165, 1.54) is 11.8 Å². The van der Waals surface area contributed by atoms with Crippen LogP contribution in [0.5, 0.6) is 0 Å². The van der Waals surface area contributed by atoms with E-state index in [4.69, 9.17) is 5.21 Å². The zero-order chi connectivity index (χ0) is 21.6. The van der Waals surface area contributed by atoms with Crippen LogP contribution in [0.4, 0.5) is 5.69 Å². The summed E-state index contributed by atoms with van der Waals surface area (Å²) in [6.07, 6.45) is 1.91. The summed E-state index contributed by atoms with van der Waals surface area (Å²) in [7, 11) is 0. The largest absolute Gasteiger partial charge is 0.334 e. The summed E-state index contributed by atoms with van der Waals surface area (Å²) >= 11 is 1.28. The molecule has 3 N–H and O–H groups in total. The van der Waals surface area contributed by atoms with E-state index >= 15 is 0 Å². The number of aliphatic imine (C=N–C) groups is 1. The zero-order valence-electron chi connectivity index (χ0n) is 16.4. The lowest BCUT2D eigenvalue weighted by Crippen LogP contribution is -2.20. The first kappa shape index (κ1) is 20.6. The van der Waals surface area contributed by atoms with Crippen molar-refractivity contribution in [3.63, 3.8) is 0 Å². The van der Waals surface area contributed by atoms with E-state index in [2.05, 4.69) is 22.4 Å². The Hall–Kier alpha value is -3.68. The lowest BCUT2D eigenvalue weighted by atomic mass is 10.0. The number of rotatable bonds is 5. The lowest BCUT2D eigenvalue weighted by Gasteiger charge is -2.06. The average molecular weight is 430 g/mol. The molecule has 0 atom stereocenters. The Kier molecular flexibility index (Phi) is 6.26. The molecule has 0 aromatic heterocycles. The first-order valence-electron chi connectivity index (χ1n) is 9.58. The molecule has 0 radical (unpaired) electrons. The number of anilines is 1. The van der Waals surface area contributed by atoms with E-state index < -0.39 is 5.91 Å². The summed E-state index contributed by atoms with van der Waals surface area (Å²) in [5.41, 5.74) is 6.31. The molecule has 1 heterocycles. The highest BCUT2D eigenvalue weighted by Gasteiger charge is 2.22. The molecule has 0 aliphatic carbocycles. The van der Waals surface area contributed by atoms with Gasteiger partial charge >= 0.3 is 0 Å². The minimum absolute atomic E-state index is 0.0842. The van der Waals surface area contributed by atoms with Gasteiger partial charge in [0.05, 0.1) is 11.3 Å². The molecule has 31 heavy (non-hydrogen) atoms. The van der Waals surface area contributed by atoms with Crippen LogP contribution in [0.3, 0.4) is 0 Å². The Morgan fingerprint density at radius 1 is 0.935 bits per heavy atom. The highest BCUT2D eigenvalue weighted by molar-refractivity contribution is 8.18. The summed E-state index contributed by atoms with van der Waals surface area (Å²) in [5, 5.41) is 12.2. The Bertz CT molecular complexity index is 1150. The molecule has 0 unspecified atom stereocenters. The molecule has 1 aliphatic rings. The van der Waals surface area contributed by atoms with E-state index in [1.807, 2.05) is 48.5 Å². The van der Waals surface area contributed by atoms with Gasteiger partial charge in [-0.3, -0.25) is 14.8 Å². The number of benzene rings is 3. The first-order valence-corrected chi connectivity index (χ1v) is 10.4. The van der Waals surface area contributed by atoms with Gasteiger partial charge in [0, 0.05) is 5.69 Å². The van der Waals surface area contributed by atoms with Gasteiger partial charge in [0.25, 0.3) is 5.91 Å². The van der Waals surface area contributed by atoms with Crippen molar-refractivity contribution in [1.82, 2.24) is 5.48 Å². The minimum Gasteiger partial charge on any atom is -0.334 e. The molecule has 154 valence electrons. The minimum atomic E-state index is -0.478. The average Bonchev–Trinajstić information content (AvgIpc) is 3.14. The van der Waals surface area contributed by atoms with E-state index in [1.54, 1.807) is 29.7 Å². The molecular formula is C24H19N3O3S. The van der Waals surface area contributed by atoms with E-state index in [9.17, 15) is 9.59 Å². The number of hydroxylamine groups is 1. The second kappa shape index (κ2) is 9.42. The predicted octanol–water partition coefficient (Wildman–Crippen LogP) is 4.48. The third-order valence-corrected chi connectivity index (χ3v) is 5.53. The van der Waals surface area contributed by atoms with Crippen molar-refractivity contribution in [2.45, 2.75) is 6.42 Å².